The summed E-state index contributed by atoms with van der Waals surface area (Å²) < 4.78 is 1.77. The molecule has 15 heavy (non-hydrogen) atoms. The molecule has 1 heterocycles. The van der Waals surface area contributed by atoms with Gasteiger partial charge < -0.3 is 5.11 Å². The van der Waals surface area contributed by atoms with Crippen molar-refractivity contribution in [3.05, 3.63) is 16.4 Å². The van der Waals surface area contributed by atoms with Crippen LogP contribution in [0.2, 0.25) is 5.02 Å². The highest BCUT2D eigenvalue weighted by atomic mass is 35.5. The molecule has 1 unspecified atom stereocenters. The number of halogens is 1. The van der Waals surface area contributed by atoms with E-state index < -0.39 is 0 Å². The Bertz CT molecular complexity index is 382. The fourth-order valence-electron chi connectivity index (χ4n) is 1.86. The minimum Gasteiger partial charge on any atom is -0.392 e. The van der Waals surface area contributed by atoms with Crippen LogP contribution in [0.5, 0.6) is 0 Å². The van der Waals surface area contributed by atoms with Gasteiger partial charge >= 0.3 is 0 Å². The van der Waals surface area contributed by atoms with Crippen LogP contribution in [-0.4, -0.2) is 21.0 Å². The van der Waals surface area contributed by atoms with E-state index in [1.807, 2.05) is 14.0 Å². The molecule has 1 saturated carbocycles. The Morgan fingerprint density at radius 1 is 1.60 bits per heavy atom. The lowest BCUT2D eigenvalue weighted by Crippen LogP contribution is -2.23. The first-order chi connectivity index (χ1) is 6.94. The molecule has 1 aromatic rings. The van der Waals surface area contributed by atoms with Gasteiger partial charge in [0.25, 0.3) is 0 Å². The zero-order chi connectivity index (χ0) is 11.2. The molecule has 1 N–H and O–H groups in total. The van der Waals surface area contributed by atoms with Gasteiger partial charge in [0.15, 0.2) is 0 Å². The van der Waals surface area contributed by atoms with Crippen molar-refractivity contribution in [2.24, 2.45) is 12.5 Å². The van der Waals surface area contributed by atoms with Gasteiger partial charge in [0.2, 0.25) is 0 Å². The SMILES string of the molecule is Cc1nn(C)c(CC(O)C2(C)CC2)c1Cl. The van der Waals surface area contributed by atoms with E-state index in [1.54, 1.807) is 4.68 Å². The third-order valence-electron chi connectivity index (χ3n) is 3.49. The fourth-order valence-corrected chi connectivity index (χ4v) is 2.10. The minimum atomic E-state index is -0.301. The van der Waals surface area contributed by atoms with Crippen molar-refractivity contribution in [2.45, 2.75) is 39.2 Å². The van der Waals surface area contributed by atoms with E-state index >= 15 is 0 Å². The van der Waals surface area contributed by atoms with E-state index in [9.17, 15) is 5.11 Å². The van der Waals surface area contributed by atoms with Crippen LogP contribution in [0.4, 0.5) is 0 Å². The second-order valence-electron chi connectivity index (χ2n) is 4.84. The van der Waals surface area contributed by atoms with Crippen LogP contribution in [0.1, 0.15) is 31.2 Å². The molecule has 0 saturated heterocycles. The summed E-state index contributed by atoms with van der Waals surface area (Å²) in [7, 11) is 1.87. The smallest absolute Gasteiger partial charge is 0.0847 e. The second-order valence-corrected chi connectivity index (χ2v) is 5.22. The molecule has 1 atom stereocenters. The Labute approximate surface area is 95.0 Å². The van der Waals surface area contributed by atoms with Crippen LogP contribution >= 0.6 is 11.6 Å². The molecule has 1 aliphatic carbocycles. The Morgan fingerprint density at radius 3 is 2.60 bits per heavy atom. The van der Waals surface area contributed by atoms with Gasteiger partial charge in [-0.25, -0.2) is 0 Å². The first-order valence-electron chi connectivity index (χ1n) is 5.30. The third-order valence-corrected chi connectivity index (χ3v) is 3.98. The molecule has 1 fully saturated rings. The Morgan fingerprint density at radius 2 is 2.20 bits per heavy atom. The van der Waals surface area contributed by atoms with Gasteiger partial charge in [-0.05, 0) is 25.2 Å². The largest absolute Gasteiger partial charge is 0.392 e. The monoisotopic (exact) mass is 228 g/mol. The van der Waals surface area contributed by atoms with Gasteiger partial charge in [0, 0.05) is 13.5 Å². The topological polar surface area (TPSA) is 38.0 Å². The van der Waals surface area contributed by atoms with Gasteiger partial charge in [-0.1, -0.05) is 18.5 Å². The molecule has 84 valence electrons. The van der Waals surface area contributed by atoms with Crippen molar-refractivity contribution in [3.63, 3.8) is 0 Å². The Balaban J connectivity index is 2.16. The summed E-state index contributed by atoms with van der Waals surface area (Å²) in [4.78, 5) is 0. The highest BCUT2D eigenvalue weighted by Crippen LogP contribution is 2.49. The standard InChI is InChI=1S/C11H17ClN2O/c1-7-10(12)8(14(3)13-7)6-9(15)11(2)4-5-11/h9,15H,4-6H2,1-3H3. The van der Waals surface area contributed by atoms with E-state index in [0.29, 0.717) is 11.4 Å². The van der Waals surface area contributed by atoms with E-state index in [-0.39, 0.29) is 11.5 Å². The van der Waals surface area contributed by atoms with Crippen LogP contribution in [-0.2, 0) is 13.5 Å². The van der Waals surface area contributed by atoms with E-state index in [0.717, 1.165) is 24.2 Å². The molecule has 0 bridgehead atoms. The molecule has 4 heteroatoms. The summed E-state index contributed by atoms with van der Waals surface area (Å²) in [5.74, 6) is 0. The Hall–Kier alpha value is -0.540. The summed E-state index contributed by atoms with van der Waals surface area (Å²) in [5.41, 5.74) is 1.89. The number of nitrogens with zero attached hydrogens (tertiary/aromatic N) is 2. The highest BCUT2D eigenvalue weighted by molar-refractivity contribution is 6.31. The Kier molecular flexibility index (Phi) is 2.55. The summed E-state index contributed by atoms with van der Waals surface area (Å²) >= 11 is 6.13. The van der Waals surface area contributed by atoms with Crippen LogP contribution in [0, 0.1) is 12.3 Å². The van der Waals surface area contributed by atoms with E-state index in [4.69, 9.17) is 11.6 Å². The molecule has 0 aromatic carbocycles. The van der Waals surface area contributed by atoms with Crippen molar-refractivity contribution < 1.29 is 5.11 Å². The van der Waals surface area contributed by atoms with Crippen molar-refractivity contribution in [1.82, 2.24) is 9.78 Å². The van der Waals surface area contributed by atoms with Crippen molar-refractivity contribution >= 4 is 11.6 Å². The molecule has 1 aromatic heterocycles. The number of aromatic nitrogens is 2. The molecule has 0 radical (unpaired) electrons. The van der Waals surface area contributed by atoms with Gasteiger partial charge in [0.05, 0.1) is 22.5 Å². The summed E-state index contributed by atoms with van der Waals surface area (Å²) in [5, 5.41) is 15.0. The predicted octanol–water partition coefficient (Wildman–Crippen LogP) is 2.09. The van der Waals surface area contributed by atoms with Crippen molar-refractivity contribution in [1.29, 1.82) is 0 Å². The van der Waals surface area contributed by atoms with Crippen molar-refractivity contribution in [3.8, 4) is 0 Å². The van der Waals surface area contributed by atoms with E-state index in [2.05, 4.69) is 12.0 Å². The lowest BCUT2D eigenvalue weighted by atomic mass is 9.97. The van der Waals surface area contributed by atoms with Crippen LogP contribution < -0.4 is 0 Å². The molecule has 2 rings (SSSR count). The zero-order valence-corrected chi connectivity index (χ0v) is 10.2. The lowest BCUT2D eigenvalue weighted by molar-refractivity contribution is 0.101. The van der Waals surface area contributed by atoms with Crippen LogP contribution in [0.3, 0.4) is 0 Å². The molecule has 3 nitrogen and oxygen atoms in total. The van der Waals surface area contributed by atoms with Crippen LogP contribution in [0.15, 0.2) is 0 Å². The van der Waals surface area contributed by atoms with Gasteiger partial charge in [-0.15, -0.1) is 0 Å². The predicted molar refractivity (Wildman–Crippen MR) is 60.0 cm³/mol. The average Bonchev–Trinajstić information content (AvgIpc) is 2.87. The number of aryl methyl sites for hydroxylation is 2. The van der Waals surface area contributed by atoms with Crippen molar-refractivity contribution in [2.75, 3.05) is 0 Å². The van der Waals surface area contributed by atoms with Gasteiger partial charge in [0.1, 0.15) is 0 Å². The highest BCUT2D eigenvalue weighted by Gasteiger charge is 2.44. The normalized spacial score (nSPS) is 20.3. The van der Waals surface area contributed by atoms with Gasteiger partial charge in [-0.3, -0.25) is 4.68 Å². The molecule has 1 aliphatic rings. The maximum atomic E-state index is 10.1. The summed E-state index contributed by atoms with van der Waals surface area (Å²) in [6, 6.07) is 0. The first-order valence-corrected chi connectivity index (χ1v) is 5.68. The number of hydrogen-bond acceptors (Lipinski definition) is 2. The maximum absolute atomic E-state index is 10.1. The number of rotatable bonds is 3. The van der Waals surface area contributed by atoms with E-state index in [1.165, 1.54) is 0 Å². The fraction of sp³-hybridized carbons (Fsp3) is 0.727. The number of hydrogen-bond donors (Lipinski definition) is 1. The molecule has 0 spiro atoms. The first kappa shape index (κ1) is 11.0. The zero-order valence-electron chi connectivity index (χ0n) is 9.42. The molecule has 0 aliphatic heterocycles. The van der Waals surface area contributed by atoms with Crippen LogP contribution in [0.25, 0.3) is 0 Å². The van der Waals surface area contributed by atoms with Gasteiger partial charge in [-0.2, -0.15) is 5.10 Å². The number of aliphatic hydroxyl groups excluding tert-OH is 1. The summed E-state index contributed by atoms with van der Waals surface area (Å²) in [6.07, 6.45) is 2.53. The molecular formula is C11H17ClN2O. The quantitative estimate of drug-likeness (QED) is 0.861. The lowest BCUT2D eigenvalue weighted by Gasteiger charge is -2.17. The molecule has 0 amide bonds. The summed E-state index contributed by atoms with van der Waals surface area (Å²) in [6.45, 7) is 4.01. The third kappa shape index (κ3) is 1.91. The minimum absolute atomic E-state index is 0.113. The number of aliphatic hydroxyl groups is 1. The molecular weight excluding hydrogens is 212 g/mol. The second kappa shape index (κ2) is 3.49. The maximum Gasteiger partial charge on any atom is 0.0847 e. The average molecular weight is 229 g/mol.